The fourth-order valence-electron chi connectivity index (χ4n) is 2.85. The predicted octanol–water partition coefficient (Wildman–Crippen LogP) is 3.62. The summed E-state index contributed by atoms with van der Waals surface area (Å²) in [6.45, 7) is -0.174. The van der Waals surface area contributed by atoms with Crippen molar-refractivity contribution < 1.29 is 22.4 Å². The molecular formula is C16H17F4N3O. The minimum Gasteiger partial charge on any atom is -0.335 e. The van der Waals surface area contributed by atoms with Crippen molar-refractivity contribution in [2.24, 2.45) is 5.92 Å². The van der Waals surface area contributed by atoms with Gasteiger partial charge in [-0.15, -0.1) is 0 Å². The number of alkyl halides is 3. The molecule has 8 heteroatoms. The zero-order valence-electron chi connectivity index (χ0n) is 12.8. The van der Waals surface area contributed by atoms with Crippen LogP contribution in [0.1, 0.15) is 36.8 Å². The molecule has 0 bridgehead atoms. The Labute approximate surface area is 136 Å². The van der Waals surface area contributed by atoms with Crippen molar-refractivity contribution >= 4 is 6.03 Å². The average Bonchev–Trinajstić information content (AvgIpc) is 2.53. The lowest BCUT2D eigenvalue weighted by molar-refractivity contribution is -0.187. The molecule has 0 aliphatic heterocycles. The molecule has 2 N–H and O–H groups in total. The number of nitrogens with zero attached hydrogens (tertiary/aromatic N) is 1. The lowest BCUT2D eigenvalue weighted by atomic mass is 9.84. The summed E-state index contributed by atoms with van der Waals surface area (Å²) >= 11 is 0. The standard InChI is InChI=1S/C16H17F4N3O/c17-13-7-10(8-21)5-6-11(13)9-22-15(24)23-14-4-2-1-3-12(14)16(18,19)20/h5-7,12,14H,1-4,9H2,(H2,22,23,24). The van der Waals surface area contributed by atoms with E-state index in [4.69, 9.17) is 5.26 Å². The molecule has 4 nitrogen and oxygen atoms in total. The maximum absolute atomic E-state index is 13.7. The molecule has 130 valence electrons. The molecule has 2 amide bonds. The summed E-state index contributed by atoms with van der Waals surface area (Å²) in [5.41, 5.74) is 0.302. The number of carbonyl (C=O) groups is 1. The SMILES string of the molecule is N#Cc1ccc(CNC(=O)NC2CCCCC2C(F)(F)F)c(F)c1. The number of rotatable bonds is 3. The number of halogens is 4. The maximum atomic E-state index is 13.7. The molecule has 2 atom stereocenters. The predicted molar refractivity (Wildman–Crippen MR) is 78.3 cm³/mol. The lowest BCUT2D eigenvalue weighted by Crippen LogP contribution is -2.50. The highest BCUT2D eigenvalue weighted by molar-refractivity contribution is 5.74. The van der Waals surface area contributed by atoms with Crippen molar-refractivity contribution in [1.82, 2.24) is 10.6 Å². The molecule has 0 aromatic heterocycles. The van der Waals surface area contributed by atoms with E-state index in [2.05, 4.69) is 10.6 Å². The van der Waals surface area contributed by atoms with Crippen LogP contribution in [-0.2, 0) is 6.54 Å². The van der Waals surface area contributed by atoms with Gasteiger partial charge in [0.2, 0.25) is 0 Å². The number of urea groups is 1. The summed E-state index contributed by atoms with van der Waals surface area (Å²) in [5.74, 6) is -2.20. The molecule has 0 heterocycles. The van der Waals surface area contributed by atoms with E-state index >= 15 is 0 Å². The van der Waals surface area contributed by atoms with Gasteiger partial charge in [0, 0.05) is 18.2 Å². The molecule has 1 aromatic rings. The van der Waals surface area contributed by atoms with Crippen LogP contribution in [0.3, 0.4) is 0 Å². The first kappa shape index (κ1) is 18.0. The Morgan fingerprint density at radius 1 is 1.29 bits per heavy atom. The van der Waals surface area contributed by atoms with Gasteiger partial charge in [0.1, 0.15) is 5.82 Å². The van der Waals surface area contributed by atoms with Gasteiger partial charge in [0.05, 0.1) is 17.6 Å². The molecule has 2 rings (SSSR count). The Kier molecular flexibility index (Phi) is 5.65. The minimum absolute atomic E-state index is 0.00129. The van der Waals surface area contributed by atoms with Crippen molar-refractivity contribution in [3.05, 3.63) is 35.1 Å². The van der Waals surface area contributed by atoms with E-state index in [1.807, 2.05) is 0 Å². The van der Waals surface area contributed by atoms with Crippen LogP contribution < -0.4 is 10.6 Å². The van der Waals surface area contributed by atoms with Crippen LogP contribution in [-0.4, -0.2) is 18.2 Å². The summed E-state index contributed by atoms with van der Waals surface area (Å²) in [6, 6.07) is 3.85. The second-order valence-electron chi connectivity index (χ2n) is 5.78. The molecule has 1 saturated carbocycles. The van der Waals surface area contributed by atoms with Gasteiger partial charge in [-0.05, 0) is 25.0 Å². The normalized spacial score (nSPS) is 21.0. The molecular weight excluding hydrogens is 326 g/mol. The van der Waals surface area contributed by atoms with E-state index in [1.54, 1.807) is 6.07 Å². The van der Waals surface area contributed by atoms with Crippen LogP contribution >= 0.6 is 0 Å². The topological polar surface area (TPSA) is 64.9 Å². The molecule has 24 heavy (non-hydrogen) atoms. The zero-order chi connectivity index (χ0) is 17.7. The number of benzene rings is 1. The molecule has 1 aliphatic carbocycles. The van der Waals surface area contributed by atoms with E-state index in [-0.39, 0.29) is 30.5 Å². The fraction of sp³-hybridized carbons (Fsp3) is 0.500. The number of amides is 2. The highest BCUT2D eigenvalue weighted by Gasteiger charge is 2.45. The summed E-state index contributed by atoms with van der Waals surface area (Å²) < 4.78 is 52.6. The summed E-state index contributed by atoms with van der Waals surface area (Å²) in [5, 5.41) is 13.4. The van der Waals surface area contributed by atoms with Crippen molar-refractivity contribution in [1.29, 1.82) is 5.26 Å². The van der Waals surface area contributed by atoms with Gasteiger partial charge in [-0.25, -0.2) is 9.18 Å². The number of hydrogen-bond donors (Lipinski definition) is 2. The third kappa shape index (κ3) is 4.60. The molecule has 0 saturated heterocycles. The van der Waals surface area contributed by atoms with Crippen LogP contribution in [0.2, 0.25) is 0 Å². The van der Waals surface area contributed by atoms with Crippen LogP contribution in [0.25, 0.3) is 0 Å². The van der Waals surface area contributed by atoms with Gasteiger partial charge in [-0.1, -0.05) is 18.9 Å². The van der Waals surface area contributed by atoms with Crippen LogP contribution in [0, 0.1) is 23.1 Å². The van der Waals surface area contributed by atoms with E-state index in [1.165, 1.54) is 12.1 Å². The second-order valence-corrected chi connectivity index (χ2v) is 5.78. The van der Waals surface area contributed by atoms with E-state index in [0.717, 1.165) is 6.07 Å². The highest BCUT2D eigenvalue weighted by Crippen LogP contribution is 2.37. The van der Waals surface area contributed by atoms with Gasteiger partial charge >= 0.3 is 12.2 Å². The van der Waals surface area contributed by atoms with Crippen molar-refractivity contribution in [3.63, 3.8) is 0 Å². The summed E-state index contributed by atoms with van der Waals surface area (Å²) in [7, 11) is 0. The Balaban J connectivity index is 1.92. The Hall–Kier alpha value is -2.30. The van der Waals surface area contributed by atoms with E-state index in [9.17, 15) is 22.4 Å². The minimum atomic E-state index is -4.35. The molecule has 1 aliphatic rings. The number of nitriles is 1. The van der Waals surface area contributed by atoms with Gasteiger partial charge in [-0.3, -0.25) is 0 Å². The molecule has 1 fully saturated rings. The average molecular weight is 343 g/mol. The van der Waals surface area contributed by atoms with E-state index in [0.29, 0.717) is 12.8 Å². The summed E-state index contributed by atoms with van der Waals surface area (Å²) in [4.78, 5) is 11.8. The molecule has 0 radical (unpaired) electrons. The van der Waals surface area contributed by atoms with Crippen LogP contribution in [0.5, 0.6) is 0 Å². The van der Waals surface area contributed by atoms with Gasteiger partial charge < -0.3 is 10.6 Å². The van der Waals surface area contributed by atoms with Crippen molar-refractivity contribution in [2.45, 2.75) is 44.4 Å². The first-order valence-electron chi connectivity index (χ1n) is 7.61. The summed E-state index contributed by atoms with van der Waals surface area (Å²) in [6.07, 6.45) is -2.97. The first-order valence-corrected chi connectivity index (χ1v) is 7.61. The number of carbonyl (C=O) groups excluding carboxylic acids is 1. The lowest BCUT2D eigenvalue weighted by Gasteiger charge is -2.33. The number of hydrogen-bond acceptors (Lipinski definition) is 2. The monoisotopic (exact) mass is 343 g/mol. The van der Waals surface area contributed by atoms with E-state index < -0.39 is 30.0 Å². The maximum Gasteiger partial charge on any atom is 0.393 e. The van der Waals surface area contributed by atoms with Crippen LogP contribution in [0.15, 0.2) is 18.2 Å². The molecule has 0 spiro atoms. The largest absolute Gasteiger partial charge is 0.393 e. The molecule has 2 unspecified atom stereocenters. The fourth-order valence-corrected chi connectivity index (χ4v) is 2.85. The third-order valence-electron chi connectivity index (χ3n) is 4.12. The van der Waals surface area contributed by atoms with Gasteiger partial charge in [0.15, 0.2) is 0 Å². The van der Waals surface area contributed by atoms with Crippen molar-refractivity contribution in [3.8, 4) is 6.07 Å². The molecule has 1 aromatic carbocycles. The van der Waals surface area contributed by atoms with Crippen molar-refractivity contribution in [2.75, 3.05) is 0 Å². The number of nitrogens with one attached hydrogen (secondary N) is 2. The Morgan fingerprint density at radius 2 is 2.00 bits per heavy atom. The third-order valence-corrected chi connectivity index (χ3v) is 4.12. The Morgan fingerprint density at radius 3 is 2.62 bits per heavy atom. The van der Waals surface area contributed by atoms with Gasteiger partial charge in [-0.2, -0.15) is 18.4 Å². The van der Waals surface area contributed by atoms with Gasteiger partial charge in [0.25, 0.3) is 0 Å². The first-order chi connectivity index (χ1) is 11.3. The Bertz CT molecular complexity index is 639. The quantitative estimate of drug-likeness (QED) is 0.824. The zero-order valence-corrected chi connectivity index (χ0v) is 12.8. The smallest absolute Gasteiger partial charge is 0.335 e. The highest BCUT2D eigenvalue weighted by atomic mass is 19.4. The van der Waals surface area contributed by atoms with Crippen LogP contribution in [0.4, 0.5) is 22.4 Å². The second kappa shape index (κ2) is 7.51.